The summed E-state index contributed by atoms with van der Waals surface area (Å²) in [6, 6.07) is 6.65. The number of hydrogen-bond donors (Lipinski definition) is 1. The van der Waals surface area contributed by atoms with E-state index in [0.29, 0.717) is 24.5 Å². The van der Waals surface area contributed by atoms with Crippen LogP contribution in [0.15, 0.2) is 33.5 Å². The number of carbonyl (C=O) groups excluding carboxylic acids is 1. The Morgan fingerprint density at radius 2 is 2.16 bits per heavy atom. The molecular weight excluding hydrogens is 322 g/mol. The van der Waals surface area contributed by atoms with Crippen LogP contribution < -0.4 is 15.7 Å². The van der Waals surface area contributed by atoms with E-state index < -0.39 is 5.63 Å². The number of fused-ring (bicyclic) bond motifs is 1. The molecule has 2 aromatic rings. The molecule has 1 heterocycles. The van der Waals surface area contributed by atoms with Crippen molar-refractivity contribution in [2.45, 2.75) is 26.2 Å². The molecule has 1 amide bonds. The average molecular weight is 345 g/mol. The molecule has 25 heavy (non-hydrogen) atoms. The van der Waals surface area contributed by atoms with E-state index in [4.69, 9.17) is 13.9 Å². The molecule has 0 atom stereocenters. The quantitative estimate of drug-likeness (QED) is 0.558. The van der Waals surface area contributed by atoms with Gasteiger partial charge in [-0.05, 0) is 49.8 Å². The van der Waals surface area contributed by atoms with Gasteiger partial charge in [0.2, 0.25) is 0 Å². The van der Waals surface area contributed by atoms with Crippen LogP contribution >= 0.6 is 0 Å². The Morgan fingerprint density at radius 1 is 1.32 bits per heavy atom. The van der Waals surface area contributed by atoms with Gasteiger partial charge in [-0.15, -0.1) is 0 Å². The van der Waals surface area contributed by atoms with Gasteiger partial charge in [0, 0.05) is 37.3 Å². The van der Waals surface area contributed by atoms with Crippen LogP contribution in [0.5, 0.6) is 5.75 Å². The fourth-order valence-electron chi connectivity index (χ4n) is 2.53. The van der Waals surface area contributed by atoms with Crippen molar-refractivity contribution in [1.29, 1.82) is 0 Å². The van der Waals surface area contributed by atoms with Crippen LogP contribution in [0.1, 0.15) is 24.8 Å². The molecule has 0 saturated heterocycles. The van der Waals surface area contributed by atoms with E-state index in [1.54, 1.807) is 12.1 Å². The van der Waals surface area contributed by atoms with Gasteiger partial charge < -0.3 is 19.2 Å². The second-order valence-electron chi connectivity index (χ2n) is 6.42. The largest absolute Gasteiger partial charge is 0.484 e. The first-order valence-corrected chi connectivity index (χ1v) is 8.63. The lowest BCUT2D eigenvalue weighted by Crippen LogP contribution is -2.30. The predicted octanol–water partition coefficient (Wildman–Crippen LogP) is 2.41. The summed E-state index contributed by atoms with van der Waals surface area (Å²) in [6.07, 6.45) is 3.36. The van der Waals surface area contributed by atoms with E-state index in [-0.39, 0.29) is 12.5 Å². The summed E-state index contributed by atoms with van der Waals surface area (Å²) in [5.41, 5.74) is 0.902. The Morgan fingerprint density at radius 3 is 2.96 bits per heavy atom. The summed E-state index contributed by atoms with van der Waals surface area (Å²) < 4.78 is 16.1. The molecule has 0 aliphatic heterocycles. The predicted molar refractivity (Wildman–Crippen MR) is 93.9 cm³/mol. The third kappa shape index (κ3) is 5.32. The maximum Gasteiger partial charge on any atom is 0.336 e. The number of hydrogen-bond acceptors (Lipinski definition) is 5. The van der Waals surface area contributed by atoms with E-state index in [1.807, 2.05) is 13.0 Å². The highest BCUT2D eigenvalue weighted by molar-refractivity contribution is 5.81. The van der Waals surface area contributed by atoms with Gasteiger partial charge in [-0.3, -0.25) is 4.79 Å². The van der Waals surface area contributed by atoms with Gasteiger partial charge >= 0.3 is 5.63 Å². The molecule has 1 aromatic carbocycles. The number of rotatable bonds is 9. The summed E-state index contributed by atoms with van der Waals surface area (Å²) in [6.45, 7) is 3.85. The minimum Gasteiger partial charge on any atom is -0.484 e. The molecule has 1 aliphatic rings. The van der Waals surface area contributed by atoms with Crippen LogP contribution in [0.4, 0.5) is 0 Å². The number of carbonyl (C=O) groups is 1. The maximum atomic E-state index is 11.8. The third-order valence-corrected chi connectivity index (χ3v) is 4.13. The number of ether oxygens (including phenoxy) is 2. The van der Waals surface area contributed by atoms with Gasteiger partial charge in [0.05, 0.1) is 0 Å². The van der Waals surface area contributed by atoms with E-state index in [1.165, 1.54) is 18.9 Å². The van der Waals surface area contributed by atoms with Crippen LogP contribution in [0, 0.1) is 12.8 Å². The first-order valence-electron chi connectivity index (χ1n) is 8.63. The van der Waals surface area contributed by atoms with Crippen LogP contribution in [0.3, 0.4) is 0 Å². The Balaban J connectivity index is 1.40. The van der Waals surface area contributed by atoms with Crippen molar-refractivity contribution in [3.05, 3.63) is 40.2 Å². The zero-order valence-corrected chi connectivity index (χ0v) is 14.4. The number of nitrogens with one attached hydrogen (secondary N) is 1. The lowest BCUT2D eigenvalue weighted by atomic mass is 10.1. The highest BCUT2D eigenvalue weighted by Crippen LogP contribution is 2.28. The van der Waals surface area contributed by atoms with E-state index in [0.717, 1.165) is 29.9 Å². The molecular formula is C19H23NO5. The molecule has 0 unspecified atom stereocenters. The SMILES string of the molecule is Cc1cc(=O)oc2cc(OCC(=O)NCCCOCC3CC3)ccc12. The lowest BCUT2D eigenvalue weighted by molar-refractivity contribution is -0.123. The molecule has 0 spiro atoms. The van der Waals surface area contributed by atoms with E-state index >= 15 is 0 Å². The highest BCUT2D eigenvalue weighted by Gasteiger charge is 2.20. The summed E-state index contributed by atoms with van der Waals surface area (Å²) in [5.74, 6) is 1.07. The molecule has 1 saturated carbocycles. The monoisotopic (exact) mass is 345 g/mol. The molecule has 3 rings (SSSR count). The Hall–Kier alpha value is -2.34. The second kappa shape index (κ2) is 8.16. The van der Waals surface area contributed by atoms with Gasteiger partial charge in [-0.1, -0.05) is 0 Å². The molecule has 0 radical (unpaired) electrons. The van der Waals surface area contributed by atoms with E-state index in [2.05, 4.69) is 5.32 Å². The first kappa shape index (κ1) is 17.5. The first-order chi connectivity index (χ1) is 12.1. The molecule has 134 valence electrons. The highest BCUT2D eigenvalue weighted by atomic mass is 16.5. The number of benzene rings is 1. The molecule has 0 bridgehead atoms. The molecule has 6 nitrogen and oxygen atoms in total. The second-order valence-corrected chi connectivity index (χ2v) is 6.42. The summed E-state index contributed by atoms with van der Waals surface area (Å²) in [5, 5.41) is 3.64. The van der Waals surface area contributed by atoms with Crippen molar-refractivity contribution < 1.29 is 18.7 Å². The normalized spacial score (nSPS) is 13.8. The molecule has 6 heteroatoms. The van der Waals surface area contributed by atoms with Crippen LogP contribution in [-0.4, -0.2) is 32.3 Å². The van der Waals surface area contributed by atoms with Crippen molar-refractivity contribution in [2.75, 3.05) is 26.4 Å². The van der Waals surface area contributed by atoms with Gasteiger partial charge in [-0.2, -0.15) is 0 Å². The molecule has 1 aliphatic carbocycles. The Labute approximate surface area is 146 Å². The fraction of sp³-hybridized carbons (Fsp3) is 0.474. The van der Waals surface area contributed by atoms with Crippen molar-refractivity contribution in [3.63, 3.8) is 0 Å². The van der Waals surface area contributed by atoms with Crippen molar-refractivity contribution >= 4 is 16.9 Å². The van der Waals surface area contributed by atoms with Gasteiger partial charge in [0.15, 0.2) is 6.61 Å². The summed E-state index contributed by atoms with van der Waals surface area (Å²) >= 11 is 0. The Kier molecular flexibility index (Phi) is 5.71. The van der Waals surface area contributed by atoms with Gasteiger partial charge in [0.25, 0.3) is 5.91 Å². The minimum absolute atomic E-state index is 0.0789. The smallest absolute Gasteiger partial charge is 0.336 e. The van der Waals surface area contributed by atoms with Crippen LogP contribution in [-0.2, 0) is 9.53 Å². The zero-order valence-electron chi connectivity index (χ0n) is 14.4. The van der Waals surface area contributed by atoms with Gasteiger partial charge in [0.1, 0.15) is 11.3 Å². The maximum absolute atomic E-state index is 11.8. The van der Waals surface area contributed by atoms with E-state index in [9.17, 15) is 9.59 Å². The Bertz CT molecular complexity index is 794. The standard InChI is InChI=1S/C19H23NO5/c1-13-9-19(22)25-17-10-15(5-6-16(13)17)24-12-18(21)20-7-2-8-23-11-14-3-4-14/h5-6,9-10,14H,2-4,7-8,11-12H2,1H3,(H,20,21). The number of amides is 1. The fourth-order valence-corrected chi connectivity index (χ4v) is 2.53. The van der Waals surface area contributed by atoms with Crippen LogP contribution in [0.2, 0.25) is 0 Å². The topological polar surface area (TPSA) is 77.8 Å². The third-order valence-electron chi connectivity index (χ3n) is 4.13. The van der Waals surface area contributed by atoms with Crippen LogP contribution in [0.25, 0.3) is 11.0 Å². The van der Waals surface area contributed by atoms with Crippen molar-refractivity contribution in [1.82, 2.24) is 5.32 Å². The van der Waals surface area contributed by atoms with Crippen molar-refractivity contribution in [2.24, 2.45) is 5.92 Å². The zero-order chi connectivity index (χ0) is 17.6. The van der Waals surface area contributed by atoms with Gasteiger partial charge in [-0.25, -0.2) is 4.79 Å². The summed E-state index contributed by atoms with van der Waals surface area (Å²) in [4.78, 5) is 23.2. The minimum atomic E-state index is -0.399. The molecule has 1 fully saturated rings. The molecule has 1 aromatic heterocycles. The van der Waals surface area contributed by atoms with Crippen molar-refractivity contribution in [3.8, 4) is 5.75 Å². The lowest BCUT2D eigenvalue weighted by Gasteiger charge is -2.09. The molecule has 1 N–H and O–H groups in total. The summed E-state index contributed by atoms with van der Waals surface area (Å²) in [7, 11) is 0. The average Bonchev–Trinajstić information content (AvgIpc) is 3.40. The number of aryl methyl sites for hydroxylation is 1.